The Morgan fingerprint density at radius 1 is 0.906 bits per heavy atom. The molecule has 4 N–H and O–H groups in total. The van der Waals surface area contributed by atoms with Gasteiger partial charge in [-0.25, -0.2) is 9.78 Å². The Balaban J connectivity index is 1.28. The summed E-state index contributed by atoms with van der Waals surface area (Å²) in [7, 11) is 0. The predicted octanol–water partition coefficient (Wildman–Crippen LogP) is 4.08. The van der Waals surface area contributed by atoms with E-state index < -0.39 is 43.3 Å². The molecule has 6 atom stereocenters. The fraction of sp³-hybridized carbons (Fsp3) is 0.368. The first-order chi connectivity index (χ1) is 25.6. The normalized spacial score (nSPS) is 23.2. The molecule has 2 fully saturated rings. The lowest BCUT2D eigenvalue weighted by Gasteiger charge is -2.23. The average molecular weight is 733 g/mol. The summed E-state index contributed by atoms with van der Waals surface area (Å²) in [4.78, 5) is 28.2. The third-order valence-electron chi connectivity index (χ3n) is 9.96. The van der Waals surface area contributed by atoms with Gasteiger partial charge >= 0.3 is 12.1 Å². The SMILES string of the molecule is O=C(O[C@@H]1[C@H](O)[C@@H](CO)O[C@H]1n1cnc2c(NCC(c3ccccc3)c3ccccc3)nc(N3C[C@H](CO)[C@@H](Cc4ccccc4)C3)nc21)C(F)(F)F. The van der Waals surface area contributed by atoms with Crippen molar-refractivity contribution in [3.05, 3.63) is 114 Å². The average Bonchev–Trinajstić information content (AvgIpc) is 3.87. The van der Waals surface area contributed by atoms with Crippen LogP contribution in [0.3, 0.4) is 0 Å². The van der Waals surface area contributed by atoms with Crippen molar-refractivity contribution < 1.29 is 42.8 Å². The van der Waals surface area contributed by atoms with Crippen LogP contribution < -0.4 is 10.2 Å². The van der Waals surface area contributed by atoms with Crippen molar-refractivity contribution in [3.8, 4) is 0 Å². The first-order valence-electron chi connectivity index (χ1n) is 17.3. The van der Waals surface area contributed by atoms with E-state index in [0.29, 0.717) is 31.9 Å². The van der Waals surface area contributed by atoms with Gasteiger partial charge in [0.2, 0.25) is 5.95 Å². The molecule has 15 heteroatoms. The second kappa shape index (κ2) is 15.5. The van der Waals surface area contributed by atoms with Crippen molar-refractivity contribution >= 4 is 28.9 Å². The number of aliphatic hydroxyl groups excluding tert-OH is 3. The minimum absolute atomic E-state index is 0.0578. The van der Waals surface area contributed by atoms with Crippen LogP contribution in [0.25, 0.3) is 11.2 Å². The van der Waals surface area contributed by atoms with Crippen LogP contribution >= 0.6 is 0 Å². The Morgan fingerprint density at radius 3 is 2.13 bits per heavy atom. The Bertz CT molecular complexity index is 1950. The number of nitrogens with zero attached hydrogens (tertiary/aromatic N) is 5. The second-order valence-electron chi connectivity index (χ2n) is 13.4. The lowest BCUT2D eigenvalue weighted by atomic mass is 9.90. The first-order valence-corrected chi connectivity index (χ1v) is 17.3. The standard InChI is InChI=1S/C38H39F3N6O6/c39-38(40,41)36(51)53-32-31(50)29(21-49)52-35(32)47-22-43-30-33(42-17-28(24-12-6-2-7-13-24)25-14-8-3-9-15-25)44-37(45-34(30)47)46-18-26(27(19-46)20-48)16-23-10-4-1-5-11-23/h1-15,22,26-29,31-32,35,48-50H,16-21H2,(H,42,44,45)/t26-,27+,29+,31+,32+,35+/m0/s1. The minimum atomic E-state index is -5.34. The largest absolute Gasteiger partial charge is 0.490 e. The van der Waals surface area contributed by atoms with Gasteiger partial charge in [-0.1, -0.05) is 91.0 Å². The van der Waals surface area contributed by atoms with E-state index in [1.807, 2.05) is 95.9 Å². The summed E-state index contributed by atoms with van der Waals surface area (Å²) in [5, 5.41) is 34.5. The van der Waals surface area contributed by atoms with Gasteiger partial charge in [-0.3, -0.25) is 4.57 Å². The van der Waals surface area contributed by atoms with Crippen LogP contribution in [0.4, 0.5) is 24.9 Å². The Morgan fingerprint density at radius 2 is 1.53 bits per heavy atom. The van der Waals surface area contributed by atoms with Crippen LogP contribution in [0.1, 0.15) is 28.8 Å². The monoisotopic (exact) mass is 732 g/mol. The number of anilines is 2. The summed E-state index contributed by atoms with van der Waals surface area (Å²) in [6.07, 6.45) is -9.87. The Hall–Kier alpha value is -5.09. The summed E-state index contributed by atoms with van der Waals surface area (Å²) in [6, 6.07) is 29.8. The van der Waals surface area contributed by atoms with Crippen LogP contribution in [0.5, 0.6) is 0 Å². The molecule has 12 nitrogen and oxygen atoms in total. The maximum absolute atomic E-state index is 13.3. The molecular formula is C38H39F3N6O6. The maximum Gasteiger partial charge on any atom is 0.490 e. The Labute approximate surface area is 302 Å². The number of carbonyl (C=O) groups excluding carboxylic acids is 1. The topological polar surface area (TPSA) is 155 Å². The number of carbonyl (C=O) groups is 1. The molecule has 3 aromatic carbocycles. The zero-order valence-electron chi connectivity index (χ0n) is 28.5. The number of benzene rings is 3. The lowest BCUT2D eigenvalue weighted by molar-refractivity contribution is -0.211. The molecule has 2 aromatic heterocycles. The van der Waals surface area contributed by atoms with Gasteiger partial charge in [0.05, 0.1) is 12.9 Å². The molecule has 0 bridgehead atoms. The molecule has 0 spiro atoms. The van der Waals surface area contributed by atoms with Crippen molar-refractivity contribution in [1.29, 1.82) is 0 Å². The number of hydrogen-bond donors (Lipinski definition) is 4. The van der Waals surface area contributed by atoms with E-state index in [-0.39, 0.29) is 41.5 Å². The number of imidazole rings is 1. The van der Waals surface area contributed by atoms with Gasteiger partial charge in [-0.15, -0.1) is 0 Å². The van der Waals surface area contributed by atoms with E-state index in [1.54, 1.807) is 0 Å². The van der Waals surface area contributed by atoms with E-state index >= 15 is 0 Å². The van der Waals surface area contributed by atoms with Crippen LogP contribution in [0.15, 0.2) is 97.3 Å². The predicted molar refractivity (Wildman–Crippen MR) is 188 cm³/mol. The first kappa shape index (κ1) is 36.3. The number of alkyl halides is 3. The number of halogens is 3. The summed E-state index contributed by atoms with van der Waals surface area (Å²) < 4.78 is 51.8. The number of esters is 1. The number of aromatic nitrogens is 4. The number of nitrogens with one attached hydrogen (secondary N) is 1. The van der Waals surface area contributed by atoms with Crippen LogP contribution in [0.2, 0.25) is 0 Å². The minimum Gasteiger partial charge on any atom is -0.448 e. The molecule has 2 saturated heterocycles. The van der Waals surface area contributed by atoms with Crippen molar-refractivity contribution in [3.63, 3.8) is 0 Å². The molecule has 278 valence electrons. The summed E-state index contributed by atoms with van der Waals surface area (Å²) >= 11 is 0. The van der Waals surface area contributed by atoms with E-state index in [1.165, 1.54) is 10.9 Å². The van der Waals surface area contributed by atoms with E-state index in [2.05, 4.69) is 10.3 Å². The smallest absolute Gasteiger partial charge is 0.448 e. The molecule has 0 radical (unpaired) electrons. The highest BCUT2D eigenvalue weighted by Gasteiger charge is 2.51. The summed E-state index contributed by atoms with van der Waals surface area (Å²) in [6.45, 7) is 0.502. The summed E-state index contributed by atoms with van der Waals surface area (Å²) in [5.41, 5.74) is 3.60. The number of aliphatic hydroxyl groups is 3. The van der Waals surface area contributed by atoms with Gasteiger partial charge in [-0.2, -0.15) is 23.1 Å². The highest BCUT2D eigenvalue weighted by atomic mass is 19.4. The van der Waals surface area contributed by atoms with Gasteiger partial charge in [-0.05, 0) is 29.0 Å². The second-order valence-corrected chi connectivity index (χ2v) is 13.4. The van der Waals surface area contributed by atoms with Crippen molar-refractivity contribution in [2.45, 2.75) is 43.1 Å². The van der Waals surface area contributed by atoms with Gasteiger partial charge in [0.1, 0.15) is 12.2 Å². The molecule has 4 heterocycles. The number of hydrogen-bond acceptors (Lipinski definition) is 11. The third kappa shape index (κ3) is 7.69. The number of rotatable bonds is 12. The molecule has 2 aliphatic heterocycles. The molecule has 0 unspecified atom stereocenters. The molecule has 53 heavy (non-hydrogen) atoms. The molecule has 0 amide bonds. The van der Waals surface area contributed by atoms with Gasteiger partial charge in [0.15, 0.2) is 29.3 Å². The van der Waals surface area contributed by atoms with Crippen LogP contribution in [0, 0.1) is 11.8 Å². The highest BCUT2D eigenvalue weighted by molar-refractivity contribution is 5.84. The molecule has 2 aliphatic rings. The highest BCUT2D eigenvalue weighted by Crippen LogP contribution is 2.38. The number of ether oxygens (including phenoxy) is 2. The molecule has 7 rings (SSSR count). The molecule has 0 saturated carbocycles. The van der Waals surface area contributed by atoms with Crippen molar-refractivity contribution in [2.24, 2.45) is 11.8 Å². The quantitative estimate of drug-likeness (QED) is 0.137. The Kier molecular flexibility index (Phi) is 10.6. The molecular weight excluding hydrogens is 693 g/mol. The molecule has 0 aliphatic carbocycles. The van der Waals surface area contributed by atoms with Crippen LogP contribution in [-0.2, 0) is 20.7 Å². The van der Waals surface area contributed by atoms with Crippen molar-refractivity contribution in [1.82, 2.24) is 19.5 Å². The van der Waals surface area contributed by atoms with E-state index in [9.17, 15) is 33.3 Å². The van der Waals surface area contributed by atoms with Gasteiger partial charge in [0.25, 0.3) is 0 Å². The fourth-order valence-electron chi connectivity index (χ4n) is 7.22. The lowest BCUT2D eigenvalue weighted by Crippen LogP contribution is -2.40. The molecule has 5 aromatic rings. The van der Waals surface area contributed by atoms with Crippen LogP contribution in [-0.4, -0.2) is 98.1 Å². The summed E-state index contributed by atoms with van der Waals surface area (Å²) in [5.74, 6) is -2.06. The zero-order valence-corrected chi connectivity index (χ0v) is 28.5. The maximum atomic E-state index is 13.3. The van der Waals surface area contributed by atoms with E-state index in [4.69, 9.17) is 19.4 Å². The fourth-order valence-corrected chi connectivity index (χ4v) is 7.22. The van der Waals surface area contributed by atoms with Gasteiger partial charge < -0.3 is 35.0 Å². The van der Waals surface area contributed by atoms with E-state index in [0.717, 1.165) is 16.7 Å². The third-order valence-corrected chi connectivity index (χ3v) is 9.96. The van der Waals surface area contributed by atoms with Gasteiger partial charge in [0, 0.05) is 38.1 Å². The number of fused-ring (bicyclic) bond motifs is 1. The zero-order chi connectivity index (χ0) is 37.1. The van der Waals surface area contributed by atoms with Crippen molar-refractivity contribution in [2.75, 3.05) is 43.1 Å².